The molecule has 1 amide bonds. The molecule has 1 aromatic rings. The van der Waals surface area contributed by atoms with Crippen LogP contribution in [0.25, 0.3) is 0 Å². The highest BCUT2D eigenvalue weighted by Crippen LogP contribution is 2.22. The molecule has 0 spiro atoms. The molecule has 1 saturated heterocycles. The van der Waals surface area contributed by atoms with Gasteiger partial charge in [-0.1, -0.05) is 6.92 Å². The normalized spacial score (nSPS) is 18.1. The molecular formula is C20H28N2O5. The zero-order valence-electron chi connectivity index (χ0n) is 16.7. The first-order valence-electron chi connectivity index (χ1n) is 9.39. The number of aromatic nitrogens is 1. The van der Waals surface area contributed by atoms with Crippen LogP contribution in [-0.4, -0.2) is 52.5 Å². The highest BCUT2D eigenvalue weighted by Gasteiger charge is 2.32. The molecule has 0 radical (unpaired) electrons. The molecule has 7 nitrogen and oxygen atoms in total. The van der Waals surface area contributed by atoms with Crippen molar-refractivity contribution in [3.63, 3.8) is 0 Å². The van der Waals surface area contributed by atoms with Crippen LogP contribution < -0.4 is 0 Å². The molecule has 2 atom stereocenters. The predicted octanol–water partition coefficient (Wildman–Crippen LogP) is 2.60. The Morgan fingerprint density at radius 3 is 2.48 bits per heavy atom. The summed E-state index contributed by atoms with van der Waals surface area (Å²) >= 11 is 0. The summed E-state index contributed by atoms with van der Waals surface area (Å²) in [6.07, 6.45) is 0.819. The number of likely N-dealkylation sites (tertiary alicyclic amines) is 1. The summed E-state index contributed by atoms with van der Waals surface area (Å²) in [4.78, 5) is 53.4. The third-order valence-corrected chi connectivity index (χ3v) is 5.11. The second-order valence-corrected chi connectivity index (χ2v) is 7.16. The molecule has 2 rings (SSSR count). The lowest BCUT2D eigenvalue weighted by atomic mass is 9.97. The van der Waals surface area contributed by atoms with E-state index in [9.17, 15) is 19.2 Å². The van der Waals surface area contributed by atoms with Crippen molar-refractivity contribution >= 4 is 23.4 Å². The van der Waals surface area contributed by atoms with Crippen molar-refractivity contribution in [1.29, 1.82) is 0 Å². The summed E-state index contributed by atoms with van der Waals surface area (Å²) in [5, 5.41) is 0. The Morgan fingerprint density at radius 1 is 1.26 bits per heavy atom. The Morgan fingerprint density at radius 2 is 1.93 bits per heavy atom. The van der Waals surface area contributed by atoms with E-state index in [0.717, 1.165) is 6.42 Å². The minimum atomic E-state index is -0.966. The van der Waals surface area contributed by atoms with Crippen LogP contribution in [0, 0.1) is 19.8 Å². The Hall–Kier alpha value is -2.44. The van der Waals surface area contributed by atoms with Crippen LogP contribution in [0.4, 0.5) is 0 Å². The molecule has 2 heterocycles. The first-order valence-corrected chi connectivity index (χ1v) is 9.39. The molecular weight excluding hydrogens is 348 g/mol. The number of Topliss-reactive ketones (excluding diaryl/α,β-unsaturated/α-hetero) is 2. The van der Waals surface area contributed by atoms with E-state index in [4.69, 9.17) is 4.74 Å². The van der Waals surface area contributed by atoms with Crippen molar-refractivity contribution in [1.82, 2.24) is 9.88 Å². The molecule has 7 heteroatoms. The zero-order chi connectivity index (χ0) is 20.3. The molecule has 0 bridgehead atoms. The fourth-order valence-corrected chi connectivity index (χ4v) is 3.67. The predicted molar refractivity (Wildman–Crippen MR) is 99.8 cm³/mol. The topological polar surface area (TPSA) is 96.5 Å². The fraction of sp³-hybridized carbons (Fsp3) is 0.600. The van der Waals surface area contributed by atoms with Crippen LogP contribution in [0.2, 0.25) is 0 Å². The van der Waals surface area contributed by atoms with Crippen LogP contribution in [-0.2, 0) is 14.3 Å². The van der Waals surface area contributed by atoms with Gasteiger partial charge in [0.15, 0.2) is 11.9 Å². The maximum Gasteiger partial charge on any atom is 0.311 e. The number of ketones is 2. The summed E-state index contributed by atoms with van der Waals surface area (Å²) in [5.41, 5.74) is 2.00. The van der Waals surface area contributed by atoms with E-state index in [2.05, 4.69) is 4.98 Å². The van der Waals surface area contributed by atoms with Crippen LogP contribution in [0.3, 0.4) is 0 Å². The lowest BCUT2D eigenvalue weighted by Crippen LogP contribution is -2.43. The minimum absolute atomic E-state index is 0.0193. The molecule has 1 aliphatic rings. The molecule has 2 unspecified atom stereocenters. The number of hydrogen-bond donors (Lipinski definition) is 1. The number of ether oxygens (including phenoxy) is 1. The third kappa shape index (κ3) is 4.46. The number of amides is 1. The number of aryl methyl sites for hydroxylation is 1. The van der Waals surface area contributed by atoms with Crippen molar-refractivity contribution in [2.24, 2.45) is 5.92 Å². The van der Waals surface area contributed by atoms with Gasteiger partial charge in [0.05, 0.1) is 11.6 Å². The van der Waals surface area contributed by atoms with Gasteiger partial charge < -0.3 is 14.6 Å². The lowest BCUT2D eigenvalue weighted by Gasteiger charge is -2.31. The molecule has 148 valence electrons. The summed E-state index contributed by atoms with van der Waals surface area (Å²) < 4.78 is 5.40. The van der Waals surface area contributed by atoms with E-state index < -0.39 is 18.0 Å². The number of aromatic amines is 1. The molecule has 0 saturated carbocycles. The maximum atomic E-state index is 12.7. The highest BCUT2D eigenvalue weighted by atomic mass is 16.5. The lowest BCUT2D eigenvalue weighted by molar-refractivity contribution is -0.154. The van der Waals surface area contributed by atoms with Gasteiger partial charge in [-0.05, 0) is 46.1 Å². The molecule has 1 aliphatic heterocycles. The number of piperidine rings is 1. The number of nitrogens with zero attached hydrogens (tertiary/aromatic N) is 1. The number of H-pyrrole nitrogens is 1. The van der Waals surface area contributed by atoms with Crippen molar-refractivity contribution in [2.75, 3.05) is 13.1 Å². The highest BCUT2D eigenvalue weighted by molar-refractivity contribution is 6.05. The van der Waals surface area contributed by atoms with Gasteiger partial charge in [-0.15, -0.1) is 0 Å². The summed E-state index contributed by atoms with van der Waals surface area (Å²) in [5.74, 6) is -1.34. The number of hydrogen-bond acceptors (Lipinski definition) is 5. The molecule has 0 aromatic carbocycles. The van der Waals surface area contributed by atoms with Crippen molar-refractivity contribution in [3.8, 4) is 0 Å². The van der Waals surface area contributed by atoms with Gasteiger partial charge in [-0.3, -0.25) is 19.2 Å². The van der Waals surface area contributed by atoms with Gasteiger partial charge in [0.1, 0.15) is 0 Å². The van der Waals surface area contributed by atoms with Crippen LogP contribution >= 0.6 is 0 Å². The first-order chi connectivity index (χ1) is 12.7. The number of nitrogens with one attached hydrogen (secondary N) is 1. The molecule has 0 aliphatic carbocycles. The van der Waals surface area contributed by atoms with Crippen molar-refractivity contribution in [2.45, 2.75) is 60.0 Å². The van der Waals surface area contributed by atoms with E-state index >= 15 is 0 Å². The van der Waals surface area contributed by atoms with Crippen LogP contribution in [0.15, 0.2) is 0 Å². The van der Waals surface area contributed by atoms with Crippen molar-refractivity contribution in [3.05, 3.63) is 22.5 Å². The molecule has 27 heavy (non-hydrogen) atoms. The Balaban J connectivity index is 2.06. The SMILES string of the molecule is CCC(=O)N1CCCC(C(=O)OC(C)C(=O)c2[nH]c(C)c(C(C)=O)c2C)C1. The fourth-order valence-electron chi connectivity index (χ4n) is 3.67. The molecule has 1 N–H and O–H groups in total. The monoisotopic (exact) mass is 376 g/mol. The van der Waals surface area contributed by atoms with E-state index in [-0.39, 0.29) is 17.5 Å². The Kier molecular flexibility index (Phi) is 6.57. The first kappa shape index (κ1) is 20.9. The van der Waals surface area contributed by atoms with E-state index in [1.54, 1.807) is 25.7 Å². The summed E-state index contributed by atoms with van der Waals surface area (Å²) in [6, 6.07) is 0. The quantitative estimate of drug-likeness (QED) is 0.608. The Bertz CT molecular complexity index is 765. The number of esters is 1. The molecule has 1 fully saturated rings. The van der Waals surface area contributed by atoms with Crippen LogP contribution in [0.5, 0.6) is 0 Å². The van der Waals surface area contributed by atoms with Gasteiger partial charge in [0.25, 0.3) is 0 Å². The van der Waals surface area contributed by atoms with E-state index in [1.165, 1.54) is 13.8 Å². The van der Waals surface area contributed by atoms with Crippen LogP contribution in [0.1, 0.15) is 72.1 Å². The van der Waals surface area contributed by atoms with E-state index in [0.29, 0.717) is 48.4 Å². The second kappa shape index (κ2) is 8.50. The average Bonchev–Trinajstić information content (AvgIpc) is 2.94. The van der Waals surface area contributed by atoms with Gasteiger partial charge in [0.2, 0.25) is 11.7 Å². The number of rotatable bonds is 6. The number of carbonyl (C=O) groups excluding carboxylic acids is 4. The van der Waals surface area contributed by atoms with Gasteiger partial charge in [-0.25, -0.2) is 0 Å². The average molecular weight is 376 g/mol. The van der Waals surface area contributed by atoms with Gasteiger partial charge in [0, 0.05) is 30.8 Å². The largest absolute Gasteiger partial charge is 0.454 e. The van der Waals surface area contributed by atoms with Crippen molar-refractivity contribution < 1.29 is 23.9 Å². The Labute approximate surface area is 159 Å². The second-order valence-electron chi connectivity index (χ2n) is 7.16. The third-order valence-electron chi connectivity index (χ3n) is 5.11. The summed E-state index contributed by atoms with van der Waals surface area (Å²) in [7, 11) is 0. The van der Waals surface area contributed by atoms with Gasteiger partial charge >= 0.3 is 5.97 Å². The standard InChI is InChI=1S/C20H28N2O5/c1-6-16(24)22-9-7-8-15(10-22)20(26)27-14(5)19(25)18-11(2)17(13(4)23)12(3)21-18/h14-15,21H,6-10H2,1-5H3. The maximum absolute atomic E-state index is 12.7. The number of carbonyl (C=O) groups is 4. The zero-order valence-corrected chi connectivity index (χ0v) is 16.7. The van der Waals surface area contributed by atoms with E-state index in [1.807, 2.05) is 0 Å². The summed E-state index contributed by atoms with van der Waals surface area (Å²) in [6.45, 7) is 9.20. The van der Waals surface area contributed by atoms with Gasteiger partial charge in [-0.2, -0.15) is 0 Å². The minimum Gasteiger partial charge on any atom is -0.454 e. The molecule has 1 aromatic heterocycles. The smallest absolute Gasteiger partial charge is 0.311 e.